The molecule has 38 heavy (non-hydrogen) atoms. The first-order chi connectivity index (χ1) is 17.7. The Morgan fingerprint density at radius 2 is 1.21 bits per heavy atom. The van der Waals surface area contributed by atoms with Gasteiger partial charge in [-0.05, 0) is 63.5 Å². The van der Waals surface area contributed by atoms with Crippen molar-refractivity contribution in [3.8, 4) is 24.2 Å². The maximum Gasteiger partial charge on any atom is 0.325 e. The zero-order chi connectivity index (χ0) is 27.2. The third kappa shape index (κ3) is 11.0. The second-order valence-electron chi connectivity index (χ2n) is 6.83. The average molecular weight is 616 g/mol. The molecule has 0 saturated heterocycles. The molecule has 0 spiro atoms. The van der Waals surface area contributed by atoms with Crippen molar-refractivity contribution in [2.45, 2.75) is 20.6 Å². The maximum absolute atomic E-state index is 10.5. The van der Waals surface area contributed by atoms with E-state index in [1.165, 1.54) is 12.1 Å². The normalized spacial score (nSPS) is 9.11. The number of benzene rings is 2. The molecule has 2 N–H and O–H groups in total. The van der Waals surface area contributed by atoms with Crippen LogP contribution < -0.4 is 0 Å². The van der Waals surface area contributed by atoms with Crippen LogP contribution in [0.5, 0.6) is 0 Å². The average Bonchev–Trinajstić information content (AvgIpc) is 3.58. The van der Waals surface area contributed by atoms with E-state index in [1.807, 2.05) is 24.3 Å². The Balaban J connectivity index is 0.000000307. The summed E-state index contributed by atoms with van der Waals surface area (Å²) in [6.45, 7) is 0.0790. The third-order valence-corrected chi connectivity index (χ3v) is 6.81. The Bertz CT molecular complexity index is 1430. The van der Waals surface area contributed by atoms with Crippen molar-refractivity contribution in [3.63, 3.8) is 0 Å². The molecule has 2 aromatic heterocycles. The maximum atomic E-state index is 10.5. The summed E-state index contributed by atoms with van der Waals surface area (Å²) in [5, 5.41) is 38.3. The van der Waals surface area contributed by atoms with Gasteiger partial charge in [-0.25, -0.2) is 0 Å². The highest BCUT2D eigenvalue weighted by atomic mass is 79.9. The van der Waals surface area contributed by atoms with Crippen LogP contribution in [0.1, 0.15) is 34.6 Å². The van der Waals surface area contributed by atoms with Crippen LogP contribution in [0, 0.1) is 44.4 Å². The minimum absolute atomic E-state index is 0. The van der Waals surface area contributed by atoms with Gasteiger partial charge >= 0.3 is 10.0 Å². The predicted octanol–water partition coefficient (Wildman–Crippen LogP) is 6.76. The number of halogens is 1. The van der Waals surface area contributed by atoms with E-state index in [9.17, 15) is 20.2 Å². The first-order valence-corrected chi connectivity index (χ1v) is 12.7. The molecule has 4 rings (SSSR count). The standard InChI is InChI=1S/C13H9NO3S.C9H8O.C4H2BrNO2S.CH4/c15-9-11-3-1-10(2-4-11)5-6-12-7-8-13(18-12)14(16)17;1-2-8-3-5-9(7-10)6-4-8;5-3-1-2-4(9-3)6(7)8;/h1-4,7-8,15H,9H2;1,3-6,10H,7H2;1-2H;1H4. The number of thiophene rings is 2. The fourth-order valence-corrected chi connectivity index (χ4v) is 4.28. The van der Waals surface area contributed by atoms with E-state index >= 15 is 0 Å². The zero-order valence-electron chi connectivity index (χ0n) is 19.0. The largest absolute Gasteiger partial charge is 0.392 e. The highest BCUT2D eigenvalue weighted by Gasteiger charge is 2.08. The molecule has 2 aromatic carbocycles. The van der Waals surface area contributed by atoms with E-state index < -0.39 is 9.85 Å². The van der Waals surface area contributed by atoms with E-state index in [4.69, 9.17) is 16.6 Å². The molecule has 0 bridgehead atoms. The van der Waals surface area contributed by atoms with Crippen LogP contribution >= 0.6 is 38.6 Å². The van der Waals surface area contributed by atoms with Gasteiger partial charge in [0.2, 0.25) is 0 Å². The molecule has 4 aromatic rings. The molecule has 0 aliphatic carbocycles. The number of aliphatic hydroxyl groups excluding tert-OH is 2. The highest BCUT2D eigenvalue weighted by molar-refractivity contribution is 9.11. The van der Waals surface area contributed by atoms with Crippen molar-refractivity contribution in [1.29, 1.82) is 0 Å². The number of hydrogen-bond donors (Lipinski definition) is 2. The van der Waals surface area contributed by atoms with Crippen molar-refractivity contribution < 1.29 is 20.1 Å². The smallest absolute Gasteiger partial charge is 0.325 e. The van der Waals surface area contributed by atoms with Gasteiger partial charge in [-0.3, -0.25) is 20.2 Å². The van der Waals surface area contributed by atoms with Crippen LogP contribution in [-0.2, 0) is 13.2 Å². The molecule has 0 unspecified atom stereocenters. The van der Waals surface area contributed by atoms with Crippen LogP contribution in [0.15, 0.2) is 76.6 Å². The quantitative estimate of drug-likeness (QED) is 0.148. The third-order valence-electron chi connectivity index (χ3n) is 4.28. The summed E-state index contributed by atoms with van der Waals surface area (Å²) in [7, 11) is 0. The number of terminal acetylenes is 1. The molecule has 0 aliphatic rings. The number of rotatable bonds is 4. The Morgan fingerprint density at radius 1 is 0.737 bits per heavy atom. The van der Waals surface area contributed by atoms with E-state index in [2.05, 4.69) is 33.7 Å². The second kappa shape index (κ2) is 16.8. The Kier molecular flexibility index (Phi) is 14.2. The lowest BCUT2D eigenvalue weighted by Gasteiger charge is -1.94. The Morgan fingerprint density at radius 3 is 1.58 bits per heavy atom. The van der Waals surface area contributed by atoms with Gasteiger partial charge in [0.15, 0.2) is 0 Å². The zero-order valence-corrected chi connectivity index (χ0v) is 22.3. The summed E-state index contributed by atoms with van der Waals surface area (Å²) in [5.74, 6) is 8.29. The predicted molar refractivity (Wildman–Crippen MR) is 155 cm³/mol. The second-order valence-corrected chi connectivity index (χ2v) is 10.3. The lowest BCUT2D eigenvalue weighted by atomic mass is 10.1. The molecule has 0 aliphatic heterocycles. The summed E-state index contributed by atoms with van der Waals surface area (Å²) in [6.07, 6.45) is 5.13. The summed E-state index contributed by atoms with van der Waals surface area (Å²) in [6, 6.07) is 20.7. The molecular weight excluding hydrogens is 592 g/mol. The fraction of sp³-hybridized carbons (Fsp3) is 0.111. The first kappa shape index (κ1) is 32.2. The van der Waals surface area contributed by atoms with Gasteiger partial charge < -0.3 is 10.2 Å². The lowest BCUT2D eigenvalue weighted by molar-refractivity contribution is -0.380. The molecular formula is C27H23BrN2O6S2. The molecule has 0 atom stereocenters. The first-order valence-electron chi connectivity index (χ1n) is 10.3. The van der Waals surface area contributed by atoms with Crippen molar-refractivity contribution in [2.75, 3.05) is 0 Å². The van der Waals surface area contributed by atoms with Crippen LogP contribution in [0.25, 0.3) is 0 Å². The minimum Gasteiger partial charge on any atom is -0.392 e. The molecule has 0 radical (unpaired) electrons. The molecule has 0 amide bonds. The summed E-state index contributed by atoms with van der Waals surface area (Å²) < 4.78 is 0.786. The van der Waals surface area contributed by atoms with Crippen molar-refractivity contribution in [2.24, 2.45) is 0 Å². The van der Waals surface area contributed by atoms with Gasteiger partial charge in [0.1, 0.15) is 0 Å². The van der Waals surface area contributed by atoms with Crippen LogP contribution in [0.3, 0.4) is 0 Å². The number of hydrogen-bond acceptors (Lipinski definition) is 8. The van der Waals surface area contributed by atoms with Gasteiger partial charge in [0, 0.05) is 23.3 Å². The summed E-state index contributed by atoms with van der Waals surface area (Å²) in [5.41, 5.74) is 3.37. The van der Waals surface area contributed by atoms with Crippen LogP contribution in [-0.4, -0.2) is 20.1 Å². The Labute approximate surface area is 236 Å². The van der Waals surface area contributed by atoms with Crippen molar-refractivity contribution in [3.05, 3.63) is 124 Å². The number of nitrogens with zero attached hydrogens (tertiary/aromatic N) is 2. The fourth-order valence-electron chi connectivity index (χ4n) is 2.43. The van der Waals surface area contributed by atoms with E-state index in [0.717, 1.165) is 48.7 Å². The SMILES string of the molecule is C.C#Cc1ccc(CO)cc1.O=[N+]([O-])c1ccc(Br)s1.O=[N+]([O-])c1ccc(C#Cc2ccc(CO)cc2)s1. The molecule has 8 nitrogen and oxygen atoms in total. The lowest BCUT2D eigenvalue weighted by Crippen LogP contribution is -1.82. The van der Waals surface area contributed by atoms with Gasteiger partial charge in [-0.15, -0.1) is 6.42 Å². The molecule has 11 heteroatoms. The van der Waals surface area contributed by atoms with E-state index in [1.54, 1.807) is 36.4 Å². The molecule has 196 valence electrons. The monoisotopic (exact) mass is 614 g/mol. The van der Waals surface area contributed by atoms with Crippen molar-refractivity contribution >= 4 is 48.6 Å². The van der Waals surface area contributed by atoms with Crippen LogP contribution in [0.4, 0.5) is 10.0 Å². The van der Waals surface area contributed by atoms with Crippen molar-refractivity contribution in [1.82, 2.24) is 0 Å². The minimum atomic E-state index is -0.425. The van der Waals surface area contributed by atoms with Gasteiger partial charge in [-0.1, -0.05) is 72.1 Å². The molecule has 2 heterocycles. The summed E-state index contributed by atoms with van der Waals surface area (Å²) >= 11 is 5.28. The van der Waals surface area contributed by atoms with Gasteiger partial charge in [0.25, 0.3) is 0 Å². The van der Waals surface area contributed by atoms with Gasteiger partial charge in [0.05, 0.1) is 31.7 Å². The topological polar surface area (TPSA) is 127 Å². The Hall–Kier alpha value is -3.84. The summed E-state index contributed by atoms with van der Waals surface area (Å²) in [4.78, 5) is 20.3. The molecule has 0 saturated carbocycles. The van der Waals surface area contributed by atoms with Crippen LogP contribution in [0.2, 0.25) is 0 Å². The van der Waals surface area contributed by atoms with E-state index in [0.29, 0.717) is 4.88 Å². The number of nitro groups is 2. The number of aliphatic hydroxyl groups is 2. The van der Waals surface area contributed by atoms with Gasteiger partial charge in [-0.2, -0.15) is 0 Å². The molecule has 0 fully saturated rings. The van der Waals surface area contributed by atoms with E-state index in [-0.39, 0.29) is 30.6 Å². The highest BCUT2D eigenvalue weighted by Crippen LogP contribution is 2.27.